The van der Waals surface area contributed by atoms with E-state index in [0.29, 0.717) is 19.6 Å². The number of esters is 1. The number of carbonyl (C=O) groups excluding carboxylic acids is 2. The van der Waals surface area contributed by atoms with E-state index in [1.807, 2.05) is 0 Å². The Kier molecular flexibility index (Phi) is 5.81. The van der Waals surface area contributed by atoms with Crippen LogP contribution in [0.4, 0.5) is 4.79 Å². The number of hydrogen-bond donors (Lipinski definition) is 2. The standard InChI is InChI=1S/C15H24N2O6/c1-2-23-12(18)9-22-7-6-16-14(21)17-8-11-4-3-5-15(11,10-17)13(19)20/h11H,2-10H2,1H3,(H,16,21)(H,19,20)/t11-,15+/m0/s1. The maximum atomic E-state index is 12.1. The molecular formula is C15H24N2O6. The van der Waals surface area contributed by atoms with Crippen LogP contribution in [0.5, 0.6) is 0 Å². The monoisotopic (exact) mass is 328 g/mol. The maximum absolute atomic E-state index is 12.1. The molecule has 1 aliphatic heterocycles. The Morgan fingerprint density at radius 3 is 2.83 bits per heavy atom. The third-order valence-corrected chi connectivity index (χ3v) is 4.63. The lowest BCUT2D eigenvalue weighted by molar-refractivity contribution is -0.149. The normalized spacial score (nSPS) is 26.0. The molecule has 1 heterocycles. The molecule has 0 spiro atoms. The summed E-state index contributed by atoms with van der Waals surface area (Å²) in [6.45, 7) is 3.10. The number of carboxylic acid groups (broad SMARTS) is 1. The Bertz CT molecular complexity index is 469. The summed E-state index contributed by atoms with van der Waals surface area (Å²) in [6, 6.07) is -0.278. The highest BCUT2D eigenvalue weighted by Crippen LogP contribution is 2.48. The number of carboxylic acids is 1. The zero-order chi connectivity index (χ0) is 16.9. The Labute approximate surface area is 135 Å². The summed E-state index contributed by atoms with van der Waals surface area (Å²) in [7, 11) is 0. The Hall–Kier alpha value is -1.83. The fourth-order valence-corrected chi connectivity index (χ4v) is 3.49. The minimum absolute atomic E-state index is 0.0471. The van der Waals surface area contributed by atoms with Gasteiger partial charge in [0.2, 0.25) is 0 Å². The average molecular weight is 328 g/mol. The molecule has 2 atom stereocenters. The molecule has 0 aromatic rings. The fourth-order valence-electron chi connectivity index (χ4n) is 3.49. The summed E-state index contributed by atoms with van der Waals surface area (Å²) < 4.78 is 9.80. The van der Waals surface area contributed by atoms with Gasteiger partial charge in [-0.2, -0.15) is 0 Å². The summed E-state index contributed by atoms with van der Waals surface area (Å²) in [5, 5.41) is 12.2. The second-order valence-electron chi connectivity index (χ2n) is 6.02. The van der Waals surface area contributed by atoms with Crippen LogP contribution in [0.1, 0.15) is 26.2 Å². The number of amides is 2. The molecule has 130 valence electrons. The number of likely N-dealkylation sites (tertiary alicyclic amines) is 1. The van der Waals surface area contributed by atoms with Gasteiger partial charge in [-0.15, -0.1) is 0 Å². The molecule has 0 aromatic heterocycles. The molecule has 23 heavy (non-hydrogen) atoms. The van der Waals surface area contributed by atoms with Crippen LogP contribution in [0.15, 0.2) is 0 Å². The number of ether oxygens (including phenoxy) is 2. The van der Waals surface area contributed by atoms with Crippen molar-refractivity contribution in [2.45, 2.75) is 26.2 Å². The predicted octanol–water partition coefficient (Wildman–Crippen LogP) is 0.462. The van der Waals surface area contributed by atoms with Crippen LogP contribution in [-0.4, -0.2) is 67.4 Å². The van der Waals surface area contributed by atoms with Gasteiger partial charge in [0.05, 0.1) is 18.6 Å². The van der Waals surface area contributed by atoms with Crippen LogP contribution in [0, 0.1) is 11.3 Å². The van der Waals surface area contributed by atoms with Crippen molar-refractivity contribution in [1.82, 2.24) is 10.2 Å². The van der Waals surface area contributed by atoms with Gasteiger partial charge < -0.3 is 24.8 Å². The molecule has 8 heteroatoms. The summed E-state index contributed by atoms with van der Waals surface area (Å²) in [4.78, 5) is 36.3. The van der Waals surface area contributed by atoms with Crippen LogP contribution >= 0.6 is 0 Å². The van der Waals surface area contributed by atoms with Gasteiger partial charge in [0, 0.05) is 19.6 Å². The summed E-state index contributed by atoms with van der Waals surface area (Å²) in [6.07, 6.45) is 2.41. The zero-order valence-electron chi connectivity index (χ0n) is 13.4. The third kappa shape index (κ3) is 3.93. The van der Waals surface area contributed by atoms with Crippen molar-refractivity contribution < 1.29 is 29.0 Å². The highest BCUT2D eigenvalue weighted by Gasteiger charge is 2.55. The first kappa shape index (κ1) is 17.5. The molecule has 0 bridgehead atoms. The van der Waals surface area contributed by atoms with E-state index in [-0.39, 0.29) is 38.3 Å². The van der Waals surface area contributed by atoms with E-state index in [1.54, 1.807) is 11.8 Å². The molecule has 2 amide bonds. The van der Waals surface area contributed by atoms with Gasteiger partial charge in [0.25, 0.3) is 0 Å². The predicted molar refractivity (Wildman–Crippen MR) is 79.8 cm³/mol. The fraction of sp³-hybridized carbons (Fsp3) is 0.800. The first-order valence-corrected chi connectivity index (χ1v) is 7.99. The second-order valence-corrected chi connectivity index (χ2v) is 6.02. The molecule has 2 aliphatic rings. The lowest BCUT2D eigenvalue weighted by Gasteiger charge is -2.23. The molecule has 0 radical (unpaired) electrons. The van der Waals surface area contributed by atoms with Gasteiger partial charge in [-0.25, -0.2) is 9.59 Å². The molecule has 1 aliphatic carbocycles. The van der Waals surface area contributed by atoms with E-state index < -0.39 is 17.4 Å². The number of hydrogen-bond acceptors (Lipinski definition) is 5. The molecular weight excluding hydrogens is 304 g/mol. The van der Waals surface area contributed by atoms with E-state index in [0.717, 1.165) is 12.8 Å². The van der Waals surface area contributed by atoms with E-state index >= 15 is 0 Å². The summed E-state index contributed by atoms with van der Waals surface area (Å²) in [5.74, 6) is -1.19. The lowest BCUT2D eigenvalue weighted by atomic mass is 9.81. The molecule has 8 nitrogen and oxygen atoms in total. The lowest BCUT2D eigenvalue weighted by Crippen LogP contribution is -2.42. The third-order valence-electron chi connectivity index (χ3n) is 4.63. The van der Waals surface area contributed by atoms with Crippen molar-refractivity contribution in [2.75, 3.05) is 39.5 Å². The van der Waals surface area contributed by atoms with E-state index in [2.05, 4.69) is 5.32 Å². The number of carbonyl (C=O) groups is 3. The number of nitrogens with zero attached hydrogens (tertiary/aromatic N) is 1. The molecule has 1 saturated carbocycles. The summed E-state index contributed by atoms with van der Waals surface area (Å²) >= 11 is 0. The molecule has 2 N–H and O–H groups in total. The molecule has 0 unspecified atom stereocenters. The highest BCUT2D eigenvalue weighted by molar-refractivity contribution is 5.80. The van der Waals surface area contributed by atoms with E-state index in [4.69, 9.17) is 9.47 Å². The van der Waals surface area contributed by atoms with Crippen molar-refractivity contribution in [3.05, 3.63) is 0 Å². The molecule has 2 fully saturated rings. The number of rotatable bonds is 7. The largest absolute Gasteiger partial charge is 0.481 e. The Morgan fingerprint density at radius 2 is 2.17 bits per heavy atom. The Balaban J connectivity index is 1.69. The van der Waals surface area contributed by atoms with Crippen LogP contribution in [0.2, 0.25) is 0 Å². The minimum Gasteiger partial charge on any atom is -0.481 e. The summed E-state index contributed by atoms with van der Waals surface area (Å²) in [5.41, 5.74) is -0.766. The first-order chi connectivity index (χ1) is 11.0. The SMILES string of the molecule is CCOC(=O)COCCNC(=O)N1C[C@@H]2CCC[C@@]2(C(=O)O)C1. The van der Waals surface area contributed by atoms with Crippen LogP contribution in [0.25, 0.3) is 0 Å². The van der Waals surface area contributed by atoms with Crippen molar-refractivity contribution in [3.8, 4) is 0 Å². The minimum atomic E-state index is -0.798. The van der Waals surface area contributed by atoms with Gasteiger partial charge >= 0.3 is 18.0 Å². The van der Waals surface area contributed by atoms with Gasteiger partial charge in [0.15, 0.2) is 0 Å². The number of urea groups is 1. The molecule has 0 aromatic carbocycles. The number of fused-ring (bicyclic) bond motifs is 1. The van der Waals surface area contributed by atoms with Crippen LogP contribution in [0.3, 0.4) is 0 Å². The smallest absolute Gasteiger partial charge is 0.332 e. The van der Waals surface area contributed by atoms with Gasteiger partial charge in [-0.05, 0) is 25.7 Å². The van der Waals surface area contributed by atoms with Gasteiger partial charge in [0.1, 0.15) is 6.61 Å². The Morgan fingerprint density at radius 1 is 1.39 bits per heavy atom. The first-order valence-electron chi connectivity index (χ1n) is 7.99. The second kappa shape index (κ2) is 7.63. The maximum Gasteiger partial charge on any atom is 0.332 e. The van der Waals surface area contributed by atoms with Crippen molar-refractivity contribution in [3.63, 3.8) is 0 Å². The van der Waals surface area contributed by atoms with Crippen molar-refractivity contribution >= 4 is 18.0 Å². The van der Waals surface area contributed by atoms with Gasteiger partial charge in [-0.3, -0.25) is 4.79 Å². The average Bonchev–Trinajstić information content (AvgIpc) is 3.04. The molecule has 2 rings (SSSR count). The van der Waals surface area contributed by atoms with Crippen molar-refractivity contribution in [2.24, 2.45) is 11.3 Å². The van der Waals surface area contributed by atoms with E-state index in [9.17, 15) is 19.5 Å². The number of aliphatic carboxylic acids is 1. The highest BCUT2D eigenvalue weighted by atomic mass is 16.6. The van der Waals surface area contributed by atoms with Crippen LogP contribution in [-0.2, 0) is 19.1 Å². The van der Waals surface area contributed by atoms with E-state index in [1.165, 1.54) is 0 Å². The quantitative estimate of drug-likeness (QED) is 0.520. The van der Waals surface area contributed by atoms with Crippen LogP contribution < -0.4 is 5.32 Å². The van der Waals surface area contributed by atoms with Crippen molar-refractivity contribution in [1.29, 1.82) is 0 Å². The van der Waals surface area contributed by atoms with Gasteiger partial charge in [-0.1, -0.05) is 6.42 Å². The zero-order valence-corrected chi connectivity index (χ0v) is 13.4. The topological polar surface area (TPSA) is 105 Å². The molecule has 1 saturated heterocycles. The number of nitrogens with one attached hydrogen (secondary N) is 1.